The lowest BCUT2D eigenvalue weighted by Gasteiger charge is -2.15. The van der Waals surface area contributed by atoms with Crippen molar-refractivity contribution in [2.45, 2.75) is 25.4 Å². The highest BCUT2D eigenvalue weighted by Gasteiger charge is 2.25. The number of anilines is 1. The number of carbonyl (C=O) groups excluding carboxylic acids is 3. The van der Waals surface area contributed by atoms with Gasteiger partial charge in [0.05, 0.1) is 22.3 Å². The SMILES string of the molecule is O=C(COC(=O)Cn1c2ccccc2c(=O)c2ccccc21)Nc1ccccc1C(=O)NC1CC1. The van der Waals surface area contributed by atoms with E-state index in [1.165, 1.54) is 0 Å². The fraction of sp³-hybridized carbons (Fsp3) is 0.185. The van der Waals surface area contributed by atoms with Crippen LogP contribution in [0, 0.1) is 0 Å². The number of carbonyl (C=O) groups is 3. The zero-order valence-corrected chi connectivity index (χ0v) is 18.8. The van der Waals surface area contributed by atoms with Crippen LogP contribution < -0.4 is 16.1 Å². The third kappa shape index (κ3) is 4.77. The van der Waals surface area contributed by atoms with Gasteiger partial charge in [-0.3, -0.25) is 19.2 Å². The number of pyridine rings is 1. The maximum absolute atomic E-state index is 12.8. The molecule has 0 spiro atoms. The van der Waals surface area contributed by atoms with Gasteiger partial charge in [0, 0.05) is 16.8 Å². The van der Waals surface area contributed by atoms with Crippen molar-refractivity contribution in [2.75, 3.05) is 11.9 Å². The Morgan fingerprint density at radius 3 is 2.11 bits per heavy atom. The Morgan fingerprint density at radius 1 is 0.857 bits per heavy atom. The van der Waals surface area contributed by atoms with Crippen LogP contribution in [0.1, 0.15) is 23.2 Å². The standard InChI is InChI=1S/C27H23N3O5/c31-24(29-21-10-4-1-7-18(21)27(34)28-17-13-14-17)16-35-25(32)15-30-22-11-5-2-8-19(22)26(33)20-9-3-6-12-23(20)30/h1-12,17H,13-16H2,(H,28,34)(H,29,31). The number of rotatable bonds is 7. The highest BCUT2D eigenvalue weighted by molar-refractivity contribution is 6.04. The number of benzene rings is 3. The highest BCUT2D eigenvalue weighted by atomic mass is 16.5. The first-order valence-electron chi connectivity index (χ1n) is 11.4. The van der Waals surface area contributed by atoms with Gasteiger partial charge in [0.25, 0.3) is 11.8 Å². The van der Waals surface area contributed by atoms with Gasteiger partial charge in [-0.05, 0) is 49.2 Å². The predicted molar refractivity (Wildman–Crippen MR) is 132 cm³/mol. The summed E-state index contributed by atoms with van der Waals surface area (Å²) in [5.41, 5.74) is 1.81. The minimum Gasteiger partial charge on any atom is -0.454 e. The number of fused-ring (bicyclic) bond motifs is 2. The van der Waals surface area contributed by atoms with E-state index in [4.69, 9.17) is 4.74 Å². The molecule has 0 radical (unpaired) electrons. The molecular formula is C27H23N3O5. The van der Waals surface area contributed by atoms with Crippen molar-refractivity contribution in [3.05, 3.63) is 88.6 Å². The molecule has 0 aliphatic heterocycles. The smallest absolute Gasteiger partial charge is 0.326 e. The molecule has 35 heavy (non-hydrogen) atoms. The summed E-state index contributed by atoms with van der Waals surface area (Å²) >= 11 is 0. The van der Waals surface area contributed by atoms with Crippen molar-refractivity contribution in [3.63, 3.8) is 0 Å². The van der Waals surface area contributed by atoms with Gasteiger partial charge in [-0.1, -0.05) is 36.4 Å². The topological polar surface area (TPSA) is 106 Å². The van der Waals surface area contributed by atoms with E-state index < -0.39 is 18.5 Å². The monoisotopic (exact) mass is 469 g/mol. The van der Waals surface area contributed by atoms with Gasteiger partial charge in [0.2, 0.25) is 0 Å². The summed E-state index contributed by atoms with van der Waals surface area (Å²) in [7, 11) is 0. The molecular weight excluding hydrogens is 446 g/mol. The summed E-state index contributed by atoms with van der Waals surface area (Å²) in [6.07, 6.45) is 1.91. The molecule has 1 saturated carbocycles. The molecule has 4 aromatic rings. The van der Waals surface area contributed by atoms with Crippen LogP contribution in [0.3, 0.4) is 0 Å². The van der Waals surface area contributed by atoms with Crippen molar-refractivity contribution in [3.8, 4) is 0 Å². The molecule has 3 aromatic carbocycles. The Balaban J connectivity index is 1.29. The van der Waals surface area contributed by atoms with Gasteiger partial charge >= 0.3 is 5.97 Å². The van der Waals surface area contributed by atoms with E-state index in [1.807, 2.05) is 0 Å². The summed E-state index contributed by atoms with van der Waals surface area (Å²) in [6, 6.07) is 21.0. The van der Waals surface area contributed by atoms with Crippen molar-refractivity contribution in [2.24, 2.45) is 0 Å². The van der Waals surface area contributed by atoms with Crippen LogP contribution in [0.4, 0.5) is 5.69 Å². The molecule has 8 nitrogen and oxygen atoms in total. The maximum Gasteiger partial charge on any atom is 0.326 e. The lowest BCUT2D eigenvalue weighted by molar-refractivity contribution is -0.147. The number of aromatic nitrogens is 1. The van der Waals surface area contributed by atoms with Gasteiger partial charge < -0.3 is 19.9 Å². The van der Waals surface area contributed by atoms with E-state index >= 15 is 0 Å². The highest BCUT2D eigenvalue weighted by Crippen LogP contribution is 2.22. The Labute approximate surface area is 200 Å². The van der Waals surface area contributed by atoms with Crippen LogP contribution >= 0.6 is 0 Å². The molecule has 1 heterocycles. The average molecular weight is 469 g/mol. The number of amides is 2. The lowest BCUT2D eigenvalue weighted by atomic mass is 10.1. The van der Waals surface area contributed by atoms with Gasteiger partial charge in [0.1, 0.15) is 6.54 Å². The Bertz CT molecular complexity index is 1460. The molecule has 0 unspecified atom stereocenters. The second-order valence-electron chi connectivity index (χ2n) is 8.45. The van der Waals surface area contributed by atoms with Crippen LogP contribution in [0.15, 0.2) is 77.6 Å². The Kier molecular flexibility index (Phi) is 6.01. The summed E-state index contributed by atoms with van der Waals surface area (Å²) in [6.45, 7) is -0.678. The van der Waals surface area contributed by atoms with Gasteiger partial charge in [-0.2, -0.15) is 0 Å². The summed E-state index contributed by atoms with van der Waals surface area (Å²) in [5, 5.41) is 6.54. The molecule has 5 rings (SSSR count). The third-order valence-corrected chi connectivity index (χ3v) is 5.89. The summed E-state index contributed by atoms with van der Waals surface area (Å²) in [4.78, 5) is 50.4. The molecule has 2 amide bonds. The van der Waals surface area contributed by atoms with E-state index in [9.17, 15) is 19.2 Å². The number of ether oxygens (including phenoxy) is 1. The fourth-order valence-corrected chi connectivity index (χ4v) is 4.04. The van der Waals surface area contributed by atoms with E-state index in [-0.39, 0.29) is 23.9 Å². The number of nitrogens with zero attached hydrogens (tertiary/aromatic N) is 1. The first-order valence-corrected chi connectivity index (χ1v) is 11.4. The van der Waals surface area contributed by atoms with E-state index in [0.29, 0.717) is 33.1 Å². The second-order valence-corrected chi connectivity index (χ2v) is 8.45. The maximum atomic E-state index is 12.8. The van der Waals surface area contributed by atoms with Gasteiger partial charge in [-0.15, -0.1) is 0 Å². The number of hydrogen-bond donors (Lipinski definition) is 2. The molecule has 2 N–H and O–H groups in total. The lowest BCUT2D eigenvalue weighted by Crippen LogP contribution is -2.28. The van der Waals surface area contributed by atoms with Crippen molar-refractivity contribution in [1.82, 2.24) is 9.88 Å². The van der Waals surface area contributed by atoms with Crippen LogP contribution in [0.25, 0.3) is 21.8 Å². The van der Waals surface area contributed by atoms with Crippen LogP contribution in [-0.2, 0) is 20.9 Å². The Morgan fingerprint density at radius 2 is 1.46 bits per heavy atom. The quantitative estimate of drug-likeness (QED) is 0.319. The van der Waals surface area contributed by atoms with Crippen LogP contribution in [0.2, 0.25) is 0 Å². The first-order chi connectivity index (χ1) is 17.0. The largest absolute Gasteiger partial charge is 0.454 e. The molecule has 1 aliphatic rings. The minimum atomic E-state index is -0.626. The van der Waals surface area contributed by atoms with Gasteiger partial charge in [-0.25, -0.2) is 0 Å². The molecule has 176 valence electrons. The molecule has 0 saturated heterocycles. The zero-order valence-electron chi connectivity index (χ0n) is 18.8. The van der Waals surface area contributed by atoms with E-state index in [1.54, 1.807) is 77.4 Å². The molecule has 0 bridgehead atoms. The fourth-order valence-electron chi connectivity index (χ4n) is 4.04. The van der Waals surface area contributed by atoms with Crippen LogP contribution in [-0.4, -0.2) is 35.0 Å². The second kappa shape index (κ2) is 9.42. The van der Waals surface area contributed by atoms with Crippen molar-refractivity contribution in [1.29, 1.82) is 0 Å². The summed E-state index contributed by atoms with van der Waals surface area (Å²) < 4.78 is 6.94. The first kappa shape index (κ1) is 22.3. The van der Waals surface area contributed by atoms with Crippen molar-refractivity contribution < 1.29 is 19.1 Å². The molecule has 1 aliphatic carbocycles. The van der Waals surface area contributed by atoms with E-state index in [2.05, 4.69) is 10.6 Å². The minimum absolute atomic E-state index is 0.107. The molecule has 8 heteroatoms. The number of hydrogen-bond acceptors (Lipinski definition) is 5. The summed E-state index contributed by atoms with van der Waals surface area (Å²) in [5.74, 6) is -1.43. The molecule has 0 atom stereocenters. The molecule has 1 fully saturated rings. The number of esters is 1. The number of para-hydroxylation sites is 3. The number of nitrogens with one attached hydrogen (secondary N) is 2. The normalized spacial score (nSPS) is 12.9. The Hall–Kier alpha value is -4.46. The third-order valence-electron chi connectivity index (χ3n) is 5.89. The van der Waals surface area contributed by atoms with Crippen LogP contribution in [0.5, 0.6) is 0 Å². The van der Waals surface area contributed by atoms with E-state index in [0.717, 1.165) is 12.8 Å². The average Bonchev–Trinajstić information content (AvgIpc) is 3.69. The van der Waals surface area contributed by atoms with Gasteiger partial charge in [0.15, 0.2) is 12.0 Å². The molecule has 1 aromatic heterocycles. The predicted octanol–water partition coefficient (Wildman–Crippen LogP) is 3.23. The zero-order chi connectivity index (χ0) is 24.4. The van der Waals surface area contributed by atoms with Crippen molar-refractivity contribution >= 4 is 45.3 Å².